The van der Waals surface area contributed by atoms with Gasteiger partial charge in [-0.1, -0.05) is 6.92 Å². The maximum atomic E-state index is 14.1. The van der Waals surface area contributed by atoms with E-state index in [2.05, 4.69) is 11.8 Å². The van der Waals surface area contributed by atoms with Crippen LogP contribution in [0, 0.1) is 34.5 Å². The van der Waals surface area contributed by atoms with Gasteiger partial charge in [-0.3, -0.25) is 9.69 Å². The topological polar surface area (TPSA) is 131 Å². The van der Waals surface area contributed by atoms with Gasteiger partial charge in [0.1, 0.15) is 17.3 Å². The molecule has 7 bridgehead atoms. The van der Waals surface area contributed by atoms with Crippen LogP contribution >= 0.6 is 0 Å². The Kier molecular flexibility index (Phi) is 8.36. The highest BCUT2D eigenvalue weighted by atomic mass is 16.6. The fourth-order valence-corrected chi connectivity index (χ4v) is 12.7. The summed E-state index contributed by atoms with van der Waals surface area (Å²) in [6.45, 7) is 5.75. The first kappa shape index (κ1) is 34.0. The first-order valence-corrected chi connectivity index (χ1v) is 17.2. The molecule has 0 aromatic heterocycles. The molecule has 1 aromatic rings. The van der Waals surface area contributed by atoms with Crippen LogP contribution in [0.5, 0.6) is 11.5 Å². The number of rotatable bonds is 11. The van der Waals surface area contributed by atoms with Crippen molar-refractivity contribution in [1.82, 2.24) is 4.90 Å². The third kappa shape index (κ3) is 4.10. The molecule has 1 N–H and O–H groups in total. The smallest absolute Gasteiger partial charge is 0.338 e. The van der Waals surface area contributed by atoms with Crippen LogP contribution in [-0.4, -0.2) is 126 Å². The van der Waals surface area contributed by atoms with Crippen LogP contribution < -0.4 is 9.47 Å². The monoisotopic (exact) mass is 673 g/mol. The third-order valence-electron chi connectivity index (χ3n) is 13.6. The Bertz CT molecular complexity index is 1440. The van der Waals surface area contributed by atoms with Crippen LogP contribution in [-0.2, 0) is 33.2 Å². The van der Waals surface area contributed by atoms with Crippen LogP contribution in [0.25, 0.3) is 0 Å². The van der Waals surface area contributed by atoms with Crippen molar-refractivity contribution in [3.05, 3.63) is 23.8 Å². The number of aliphatic hydroxyl groups is 1. The molecule has 266 valence electrons. The molecule has 12 heteroatoms. The minimum Gasteiger partial charge on any atom is -0.493 e. The molecular weight excluding hydrogens is 622 g/mol. The summed E-state index contributed by atoms with van der Waals surface area (Å²) in [5.41, 5.74) is -3.23. The van der Waals surface area contributed by atoms with E-state index in [1.807, 2.05) is 0 Å². The molecule has 6 fully saturated rings. The number of methoxy groups -OCH3 is 6. The summed E-state index contributed by atoms with van der Waals surface area (Å²) < 4.78 is 49.2. The Labute approximate surface area is 282 Å². The minimum absolute atomic E-state index is 0.0139. The van der Waals surface area contributed by atoms with Crippen molar-refractivity contribution < 1.29 is 52.6 Å². The Hall–Kier alpha value is -2.48. The summed E-state index contributed by atoms with van der Waals surface area (Å²) in [4.78, 5) is 29.9. The number of benzene rings is 1. The highest BCUT2D eigenvalue weighted by molar-refractivity contribution is 5.90. The lowest BCUT2D eigenvalue weighted by atomic mass is 9.43. The molecule has 13 atom stereocenters. The van der Waals surface area contributed by atoms with Gasteiger partial charge in [0.2, 0.25) is 0 Å². The van der Waals surface area contributed by atoms with E-state index in [4.69, 9.17) is 37.9 Å². The molecular formula is C36H51NO11. The van der Waals surface area contributed by atoms with Crippen LogP contribution in [0.2, 0.25) is 0 Å². The van der Waals surface area contributed by atoms with E-state index < -0.39 is 46.7 Å². The molecule has 48 heavy (non-hydrogen) atoms. The zero-order valence-electron chi connectivity index (χ0n) is 29.4. The molecule has 1 heterocycles. The van der Waals surface area contributed by atoms with Gasteiger partial charge in [0.15, 0.2) is 11.5 Å². The highest BCUT2D eigenvalue weighted by Crippen LogP contribution is 2.80. The lowest BCUT2D eigenvalue weighted by molar-refractivity contribution is -0.287. The summed E-state index contributed by atoms with van der Waals surface area (Å²) in [5, 5.41) is 12.9. The van der Waals surface area contributed by atoms with Gasteiger partial charge in [0.25, 0.3) is 0 Å². The fraction of sp³-hybridized carbons (Fsp3) is 0.778. The number of fused-ring (bicyclic) bond motifs is 2. The van der Waals surface area contributed by atoms with E-state index in [1.165, 1.54) is 21.1 Å². The average molecular weight is 674 g/mol. The Morgan fingerprint density at radius 3 is 2.29 bits per heavy atom. The number of nitrogens with zero attached hydrogens (tertiary/aromatic N) is 1. The minimum atomic E-state index is -1.55. The second kappa shape index (κ2) is 11.8. The maximum absolute atomic E-state index is 14.1. The summed E-state index contributed by atoms with van der Waals surface area (Å²) in [7, 11) is 9.88. The van der Waals surface area contributed by atoms with E-state index >= 15 is 0 Å². The predicted molar refractivity (Wildman–Crippen MR) is 171 cm³/mol. The van der Waals surface area contributed by atoms with Crippen molar-refractivity contribution in [3.63, 3.8) is 0 Å². The van der Waals surface area contributed by atoms with Gasteiger partial charge in [-0.05, 0) is 49.9 Å². The molecule has 12 nitrogen and oxygen atoms in total. The Morgan fingerprint density at radius 2 is 1.69 bits per heavy atom. The first-order valence-electron chi connectivity index (χ1n) is 17.2. The molecule has 1 aromatic carbocycles. The molecule has 0 amide bonds. The number of hydrogen-bond acceptors (Lipinski definition) is 12. The van der Waals surface area contributed by atoms with Gasteiger partial charge < -0.3 is 43.0 Å². The lowest BCUT2D eigenvalue weighted by Gasteiger charge is -2.69. The van der Waals surface area contributed by atoms with Gasteiger partial charge in [-0.15, -0.1) is 0 Å². The van der Waals surface area contributed by atoms with Gasteiger partial charge >= 0.3 is 11.9 Å². The van der Waals surface area contributed by atoms with Crippen molar-refractivity contribution in [2.75, 3.05) is 62.4 Å². The average Bonchev–Trinajstić information content (AvgIpc) is 3.45. The number of carbonyl (C=O) groups is 2. The number of carbonyl (C=O) groups excluding carboxylic acids is 2. The number of hydrogen-bond donors (Lipinski definition) is 1. The van der Waals surface area contributed by atoms with Crippen molar-refractivity contribution in [2.24, 2.45) is 34.5 Å². The molecule has 7 rings (SSSR count). The molecule has 1 spiro atoms. The van der Waals surface area contributed by atoms with Crippen molar-refractivity contribution in [3.8, 4) is 11.5 Å². The quantitative estimate of drug-likeness (QED) is 0.347. The van der Waals surface area contributed by atoms with Crippen molar-refractivity contribution >= 4 is 11.9 Å². The van der Waals surface area contributed by atoms with Gasteiger partial charge in [0, 0.05) is 83.0 Å². The third-order valence-corrected chi connectivity index (χ3v) is 13.6. The summed E-state index contributed by atoms with van der Waals surface area (Å²) >= 11 is 0. The van der Waals surface area contributed by atoms with Crippen molar-refractivity contribution in [2.45, 2.75) is 81.2 Å². The SMILES string of the molecule is CCN1C[C@]2(COC)CC[C@H](OC)[C@]34C1[C@H]([C@H](OC)[C@H]23)[C@@]1(OC(C)=O)C[C@H](OC)[C@@]2(O)C[C@@H]4[C@@H]1[C@H]2OC(=O)c1ccc(OC)c(OC)c1. The van der Waals surface area contributed by atoms with Gasteiger partial charge in [-0.25, -0.2) is 4.79 Å². The zero-order chi connectivity index (χ0) is 34.4. The van der Waals surface area contributed by atoms with Crippen LogP contribution in [0.4, 0.5) is 0 Å². The fourth-order valence-electron chi connectivity index (χ4n) is 12.7. The standard InChI is InChI=1S/C36H51NO11/c1-9-37-17-33(18-41-3)13-12-24(44-6)36-21-15-34(40)25(45-7)16-35(48-19(2)38,27(30(36)37)28(46-8)29(33)36)26(21)31(34)47-32(39)20-10-11-22(42-4)23(14-20)43-5/h10-11,14,21,24-31,40H,9,12-13,15-18H2,1-8H3/t21-,24+,25+,26-,27+,28+,29-,30?,31-,33+,34+,35-,36+/m1/s1. The zero-order valence-corrected chi connectivity index (χ0v) is 29.4. The van der Waals surface area contributed by atoms with Gasteiger partial charge in [0.05, 0.1) is 44.7 Å². The van der Waals surface area contributed by atoms with E-state index in [-0.39, 0.29) is 53.4 Å². The lowest BCUT2D eigenvalue weighted by Crippen LogP contribution is -2.77. The second-order valence-electron chi connectivity index (χ2n) is 15.0. The van der Waals surface area contributed by atoms with Crippen molar-refractivity contribution in [1.29, 1.82) is 0 Å². The molecule has 1 unspecified atom stereocenters. The number of likely N-dealkylation sites (tertiary alicyclic amines) is 1. The van der Waals surface area contributed by atoms with E-state index in [0.29, 0.717) is 24.5 Å². The molecule has 5 aliphatic carbocycles. The van der Waals surface area contributed by atoms with E-state index in [9.17, 15) is 14.7 Å². The van der Waals surface area contributed by atoms with E-state index in [1.54, 1.807) is 46.6 Å². The van der Waals surface area contributed by atoms with Crippen LogP contribution in [0.15, 0.2) is 18.2 Å². The predicted octanol–water partition coefficient (Wildman–Crippen LogP) is 2.72. The van der Waals surface area contributed by atoms with Crippen LogP contribution in [0.3, 0.4) is 0 Å². The van der Waals surface area contributed by atoms with Crippen LogP contribution in [0.1, 0.15) is 49.9 Å². The normalized spacial score (nSPS) is 45.1. The number of piperidine rings is 1. The largest absolute Gasteiger partial charge is 0.493 e. The summed E-state index contributed by atoms with van der Waals surface area (Å²) in [6.07, 6.45) is -0.0408. The molecule has 1 aliphatic heterocycles. The Balaban J connectivity index is 1.45. The number of ether oxygens (including phenoxy) is 8. The molecule has 1 saturated heterocycles. The van der Waals surface area contributed by atoms with E-state index in [0.717, 1.165) is 25.9 Å². The maximum Gasteiger partial charge on any atom is 0.338 e. The summed E-state index contributed by atoms with van der Waals surface area (Å²) in [6, 6.07) is 4.76. The second-order valence-corrected chi connectivity index (χ2v) is 15.0. The Morgan fingerprint density at radius 1 is 0.958 bits per heavy atom. The molecule has 5 saturated carbocycles. The highest BCUT2D eigenvalue weighted by Gasteiger charge is 2.89. The molecule has 6 aliphatic rings. The first-order chi connectivity index (χ1) is 23.0. The number of esters is 2. The molecule has 0 radical (unpaired) electrons. The summed E-state index contributed by atoms with van der Waals surface area (Å²) in [5.74, 6) is -1.32. The van der Waals surface area contributed by atoms with Gasteiger partial charge in [-0.2, -0.15) is 0 Å².